The van der Waals surface area contributed by atoms with Crippen molar-refractivity contribution in [2.45, 2.75) is 33.1 Å². The van der Waals surface area contributed by atoms with Crippen molar-refractivity contribution in [2.24, 2.45) is 5.92 Å². The number of benzene rings is 1. The number of rotatable bonds is 4. The molecule has 0 spiro atoms. The number of anilines is 1. The van der Waals surface area contributed by atoms with Crippen LogP contribution in [0.25, 0.3) is 0 Å². The molecule has 2 N–H and O–H groups in total. The van der Waals surface area contributed by atoms with Gasteiger partial charge in [-0.15, -0.1) is 0 Å². The van der Waals surface area contributed by atoms with Crippen LogP contribution in [0.3, 0.4) is 0 Å². The molecule has 19 heavy (non-hydrogen) atoms. The molecule has 3 nitrogen and oxygen atoms in total. The van der Waals surface area contributed by atoms with Crippen molar-refractivity contribution in [2.75, 3.05) is 18.8 Å². The maximum atomic E-state index is 14.1. The number of halogens is 1. The van der Waals surface area contributed by atoms with Gasteiger partial charge in [0.05, 0.1) is 5.56 Å². The molecule has 1 aromatic carbocycles. The fraction of sp³-hybridized carbons (Fsp3) is 0.533. The van der Waals surface area contributed by atoms with Crippen LogP contribution >= 0.6 is 0 Å². The molecule has 2 rings (SSSR count). The molecule has 4 heteroatoms. The number of carbonyl (C=O) groups excluding carboxylic acids is 1. The van der Waals surface area contributed by atoms with Gasteiger partial charge >= 0.3 is 0 Å². The quantitative estimate of drug-likeness (QED) is 0.850. The minimum absolute atomic E-state index is 0.0960. The van der Waals surface area contributed by atoms with E-state index < -0.39 is 5.82 Å². The molecule has 1 fully saturated rings. The predicted molar refractivity (Wildman–Crippen MR) is 74.5 cm³/mol. The van der Waals surface area contributed by atoms with E-state index in [2.05, 4.69) is 0 Å². The molecule has 104 valence electrons. The van der Waals surface area contributed by atoms with Gasteiger partial charge in [0.1, 0.15) is 5.82 Å². The first kappa shape index (κ1) is 13.8. The molecular formula is C15H21FN2O. The number of amides is 1. The summed E-state index contributed by atoms with van der Waals surface area (Å²) in [6.45, 7) is 4.88. The Morgan fingerprint density at radius 1 is 1.47 bits per heavy atom. The zero-order valence-electron chi connectivity index (χ0n) is 11.6. The molecule has 0 bridgehead atoms. The molecular weight excluding hydrogens is 243 g/mol. The van der Waals surface area contributed by atoms with Crippen molar-refractivity contribution in [3.8, 4) is 0 Å². The summed E-state index contributed by atoms with van der Waals surface area (Å²) < 4.78 is 14.1. The van der Waals surface area contributed by atoms with E-state index in [1.807, 2.05) is 6.92 Å². The average molecular weight is 264 g/mol. The molecule has 0 unspecified atom stereocenters. The van der Waals surface area contributed by atoms with Crippen LogP contribution in [0, 0.1) is 18.7 Å². The molecule has 0 radical (unpaired) electrons. The Labute approximate surface area is 113 Å². The Bertz CT molecular complexity index is 483. The molecule has 1 aliphatic carbocycles. The Hall–Kier alpha value is -1.58. The van der Waals surface area contributed by atoms with Crippen molar-refractivity contribution in [3.05, 3.63) is 29.1 Å². The number of carbonyl (C=O) groups is 1. The number of hydrogen-bond acceptors (Lipinski definition) is 2. The lowest BCUT2D eigenvalue weighted by Gasteiger charge is -2.32. The lowest BCUT2D eigenvalue weighted by atomic mass is 9.85. The second-order valence-electron chi connectivity index (χ2n) is 5.34. The highest BCUT2D eigenvalue weighted by Crippen LogP contribution is 2.28. The van der Waals surface area contributed by atoms with Gasteiger partial charge in [-0.3, -0.25) is 4.79 Å². The monoisotopic (exact) mass is 264 g/mol. The Morgan fingerprint density at radius 2 is 2.16 bits per heavy atom. The van der Waals surface area contributed by atoms with Crippen LogP contribution in [-0.2, 0) is 0 Å². The van der Waals surface area contributed by atoms with E-state index in [4.69, 9.17) is 5.73 Å². The van der Waals surface area contributed by atoms with Crippen LogP contribution in [0.4, 0.5) is 10.1 Å². The molecule has 0 heterocycles. The first-order valence-corrected chi connectivity index (χ1v) is 6.87. The Balaban J connectivity index is 2.21. The summed E-state index contributed by atoms with van der Waals surface area (Å²) in [5, 5.41) is 0. The summed E-state index contributed by atoms with van der Waals surface area (Å²) in [5.74, 6) is -0.123. The largest absolute Gasteiger partial charge is 0.399 e. The van der Waals surface area contributed by atoms with Gasteiger partial charge < -0.3 is 10.6 Å². The van der Waals surface area contributed by atoms with E-state index in [9.17, 15) is 9.18 Å². The molecule has 1 aromatic rings. The maximum absolute atomic E-state index is 14.1. The number of nitrogens with zero attached hydrogens (tertiary/aromatic N) is 1. The molecule has 0 aliphatic heterocycles. The number of aryl methyl sites for hydroxylation is 1. The highest BCUT2D eigenvalue weighted by molar-refractivity contribution is 5.95. The molecule has 1 amide bonds. The van der Waals surface area contributed by atoms with E-state index >= 15 is 0 Å². The van der Waals surface area contributed by atoms with Crippen LogP contribution in [0.1, 0.15) is 42.1 Å². The second-order valence-corrected chi connectivity index (χ2v) is 5.34. The Kier molecular flexibility index (Phi) is 4.08. The SMILES string of the molecule is CCN(CC1CCC1)C(=O)c1cc(N)cc(C)c1F. The van der Waals surface area contributed by atoms with Crippen molar-refractivity contribution < 1.29 is 9.18 Å². The van der Waals surface area contributed by atoms with Crippen LogP contribution < -0.4 is 5.73 Å². The standard InChI is InChI=1S/C15H21FN2O/c1-3-18(9-11-5-4-6-11)15(19)13-8-12(17)7-10(2)14(13)16/h7-8,11H,3-6,9,17H2,1-2H3. The van der Waals surface area contributed by atoms with Gasteiger partial charge in [0.15, 0.2) is 0 Å². The minimum Gasteiger partial charge on any atom is -0.399 e. The highest BCUT2D eigenvalue weighted by Gasteiger charge is 2.25. The van der Waals surface area contributed by atoms with Crippen LogP contribution in [0.2, 0.25) is 0 Å². The first-order valence-electron chi connectivity index (χ1n) is 6.87. The van der Waals surface area contributed by atoms with Gasteiger partial charge in [0, 0.05) is 18.8 Å². The molecule has 1 saturated carbocycles. The second kappa shape index (κ2) is 5.59. The summed E-state index contributed by atoms with van der Waals surface area (Å²) in [5.41, 5.74) is 6.66. The fourth-order valence-corrected chi connectivity index (χ4v) is 2.47. The summed E-state index contributed by atoms with van der Waals surface area (Å²) >= 11 is 0. The van der Waals surface area contributed by atoms with Crippen molar-refractivity contribution >= 4 is 11.6 Å². The van der Waals surface area contributed by atoms with E-state index in [0.717, 1.165) is 6.54 Å². The molecule has 0 atom stereocenters. The van der Waals surface area contributed by atoms with Gasteiger partial charge in [0.25, 0.3) is 5.91 Å². The van der Waals surface area contributed by atoms with Gasteiger partial charge in [-0.25, -0.2) is 4.39 Å². The zero-order valence-corrected chi connectivity index (χ0v) is 11.6. The Morgan fingerprint density at radius 3 is 2.68 bits per heavy atom. The zero-order chi connectivity index (χ0) is 14.0. The third kappa shape index (κ3) is 2.88. The predicted octanol–water partition coefficient (Wildman–Crippen LogP) is 2.98. The molecule has 0 saturated heterocycles. The lowest BCUT2D eigenvalue weighted by molar-refractivity contribution is 0.0701. The van der Waals surface area contributed by atoms with Gasteiger partial charge in [0.2, 0.25) is 0 Å². The lowest BCUT2D eigenvalue weighted by Crippen LogP contribution is -2.37. The van der Waals surface area contributed by atoms with E-state index in [1.165, 1.54) is 25.3 Å². The summed E-state index contributed by atoms with van der Waals surface area (Å²) in [6.07, 6.45) is 3.58. The summed E-state index contributed by atoms with van der Waals surface area (Å²) in [4.78, 5) is 14.1. The van der Waals surface area contributed by atoms with Crippen molar-refractivity contribution in [1.29, 1.82) is 0 Å². The third-order valence-electron chi connectivity index (χ3n) is 3.88. The van der Waals surface area contributed by atoms with Crippen LogP contribution in [0.5, 0.6) is 0 Å². The third-order valence-corrected chi connectivity index (χ3v) is 3.88. The average Bonchev–Trinajstić information content (AvgIpc) is 2.32. The molecule has 0 aromatic heterocycles. The fourth-order valence-electron chi connectivity index (χ4n) is 2.47. The van der Waals surface area contributed by atoms with E-state index in [0.29, 0.717) is 23.7 Å². The van der Waals surface area contributed by atoms with Crippen molar-refractivity contribution in [1.82, 2.24) is 4.90 Å². The van der Waals surface area contributed by atoms with Gasteiger partial charge in [-0.1, -0.05) is 6.42 Å². The topological polar surface area (TPSA) is 46.3 Å². The smallest absolute Gasteiger partial charge is 0.256 e. The minimum atomic E-state index is -0.453. The van der Waals surface area contributed by atoms with Gasteiger partial charge in [-0.05, 0) is 50.3 Å². The van der Waals surface area contributed by atoms with Crippen LogP contribution in [0.15, 0.2) is 12.1 Å². The van der Waals surface area contributed by atoms with Crippen LogP contribution in [-0.4, -0.2) is 23.9 Å². The summed E-state index contributed by atoms with van der Waals surface area (Å²) in [6, 6.07) is 2.99. The summed E-state index contributed by atoms with van der Waals surface area (Å²) in [7, 11) is 0. The number of nitrogen functional groups attached to an aromatic ring is 1. The first-order chi connectivity index (χ1) is 9.02. The maximum Gasteiger partial charge on any atom is 0.256 e. The van der Waals surface area contributed by atoms with E-state index in [1.54, 1.807) is 17.9 Å². The number of nitrogens with two attached hydrogens (primary N) is 1. The highest BCUT2D eigenvalue weighted by atomic mass is 19.1. The van der Waals surface area contributed by atoms with E-state index in [-0.39, 0.29) is 11.5 Å². The molecule has 1 aliphatic rings. The normalized spacial score (nSPS) is 15.1. The van der Waals surface area contributed by atoms with Gasteiger partial charge in [-0.2, -0.15) is 0 Å². The number of hydrogen-bond donors (Lipinski definition) is 1. The van der Waals surface area contributed by atoms with Crippen molar-refractivity contribution in [3.63, 3.8) is 0 Å².